The van der Waals surface area contributed by atoms with E-state index in [0.29, 0.717) is 30.4 Å². The van der Waals surface area contributed by atoms with Gasteiger partial charge in [-0.2, -0.15) is 0 Å². The Kier molecular flexibility index (Phi) is 11.6. The third-order valence-corrected chi connectivity index (χ3v) is 9.75. The second-order valence-corrected chi connectivity index (χ2v) is 12.9. The lowest BCUT2D eigenvalue weighted by Gasteiger charge is -2.28. The number of aromatic nitrogens is 2. The van der Waals surface area contributed by atoms with Gasteiger partial charge in [-0.15, -0.1) is 0 Å². The molecule has 11 nitrogen and oxygen atoms in total. The number of pyridine rings is 2. The molecule has 0 radical (unpaired) electrons. The van der Waals surface area contributed by atoms with Gasteiger partial charge in [0.15, 0.2) is 0 Å². The van der Waals surface area contributed by atoms with E-state index in [0.717, 1.165) is 49.4 Å². The molecule has 0 saturated carbocycles. The van der Waals surface area contributed by atoms with Gasteiger partial charge in [-0.25, -0.2) is 9.59 Å². The number of anilines is 4. The highest BCUT2D eigenvalue weighted by Crippen LogP contribution is 2.36. The van der Waals surface area contributed by atoms with Crippen molar-refractivity contribution in [1.82, 2.24) is 15.3 Å². The molecule has 0 saturated heterocycles. The minimum Gasteiger partial charge on any atom is -0.497 e. The summed E-state index contributed by atoms with van der Waals surface area (Å²) in [5, 5.41) is 28.5. The summed E-state index contributed by atoms with van der Waals surface area (Å²) in [6, 6.07) is 26.3. The van der Waals surface area contributed by atoms with Crippen molar-refractivity contribution in [3.8, 4) is 5.75 Å². The number of hydrogen-bond donors (Lipinski definition) is 5. The molecule has 5 aromatic rings. The number of ether oxygens (including phenoxy) is 1. The van der Waals surface area contributed by atoms with Crippen molar-refractivity contribution in [2.24, 2.45) is 0 Å². The van der Waals surface area contributed by atoms with E-state index in [2.05, 4.69) is 80.3 Å². The number of aryl methyl sites for hydroxylation is 1. The molecule has 5 N–H and O–H groups in total. The smallest absolute Gasteiger partial charge is 0.337 e. The van der Waals surface area contributed by atoms with E-state index in [1.807, 2.05) is 24.3 Å². The number of fused-ring (bicyclic) bond motifs is 2. The van der Waals surface area contributed by atoms with Crippen LogP contribution in [-0.4, -0.2) is 65.9 Å². The Morgan fingerprint density at radius 2 is 1.50 bits per heavy atom. The molecular formula is C41H44N6O5. The van der Waals surface area contributed by atoms with Crippen LogP contribution in [0.1, 0.15) is 67.8 Å². The summed E-state index contributed by atoms with van der Waals surface area (Å²) in [6.07, 6.45) is 10.4. The van der Waals surface area contributed by atoms with Crippen LogP contribution < -0.4 is 25.6 Å². The van der Waals surface area contributed by atoms with E-state index in [1.165, 1.54) is 46.8 Å². The minimum atomic E-state index is -0.947. The van der Waals surface area contributed by atoms with Crippen LogP contribution in [0, 0.1) is 0 Å². The largest absolute Gasteiger partial charge is 0.497 e. The predicted octanol–water partition coefficient (Wildman–Crippen LogP) is 7.17. The lowest BCUT2D eigenvalue weighted by Crippen LogP contribution is -2.34. The maximum Gasteiger partial charge on any atom is 0.337 e. The third-order valence-electron chi connectivity index (χ3n) is 9.75. The van der Waals surface area contributed by atoms with Crippen LogP contribution in [0.15, 0.2) is 104 Å². The number of benzene rings is 3. The van der Waals surface area contributed by atoms with Gasteiger partial charge in [-0.3, -0.25) is 9.97 Å². The summed E-state index contributed by atoms with van der Waals surface area (Å²) in [6.45, 7) is 2.25. The van der Waals surface area contributed by atoms with Crippen LogP contribution in [0.25, 0.3) is 0 Å². The molecule has 0 bridgehead atoms. The van der Waals surface area contributed by atoms with Crippen molar-refractivity contribution < 1.29 is 24.5 Å². The first-order chi connectivity index (χ1) is 25.3. The summed E-state index contributed by atoms with van der Waals surface area (Å²) in [5.41, 5.74) is 9.15. The van der Waals surface area contributed by atoms with Crippen LogP contribution in [0.2, 0.25) is 0 Å². The molecule has 0 amide bonds. The van der Waals surface area contributed by atoms with Gasteiger partial charge in [0.2, 0.25) is 0 Å². The molecular weight excluding hydrogens is 656 g/mol. The fraction of sp³-hybridized carbons (Fsp3) is 0.268. The first-order valence-corrected chi connectivity index (χ1v) is 17.5. The Bertz CT molecular complexity index is 2020. The fourth-order valence-electron chi connectivity index (χ4n) is 6.95. The lowest BCUT2D eigenvalue weighted by molar-refractivity contribution is 0.0687. The number of rotatable bonds is 11. The van der Waals surface area contributed by atoms with Gasteiger partial charge in [-0.1, -0.05) is 36.4 Å². The van der Waals surface area contributed by atoms with Crippen molar-refractivity contribution >= 4 is 34.7 Å². The average molecular weight is 701 g/mol. The fourth-order valence-corrected chi connectivity index (χ4v) is 6.95. The molecule has 2 aromatic heterocycles. The molecule has 3 aromatic carbocycles. The Hall–Kier alpha value is -5.94. The molecule has 1 aliphatic heterocycles. The highest BCUT2D eigenvalue weighted by Gasteiger charge is 2.23. The van der Waals surface area contributed by atoms with Crippen molar-refractivity contribution in [1.29, 1.82) is 0 Å². The minimum absolute atomic E-state index is 0.178. The van der Waals surface area contributed by atoms with Gasteiger partial charge in [0, 0.05) is 61.9 Å². The number of nitrogens with one attached hydrogen (secondary N) is 3. The Morgan fingerprint density at radius 1 is 0.808 bits per heavy atom. The normalized spacial score (nSPS) is 15.9. The summed E-state index contributed by atoms with van der Waals surface area (Å²) in [5.74, 6) is -0.720. The Balaban J connectivity index is 0.000000192. The number of carboxylic acid groups (broad SMARTS) is 2. The lowest BCUT2D eigenvalue weighted by atomic mass is 9.82. The molecule has 1 unspecified atom stereocenters. The van der Waals surface area contributed by atoms with Crippen molar-refractivity contribution in [3.05, 3.63) is 137 Å². The Labute approximate surface area is 303 Å². The second kappa shape index (κ2) is 16.8. The molecule has 1 aliphatic carbocycles. The molecule has 11 heteroatoms. The summed E-state index contributed by atoms with van der Waals surface area (Å²) in [4.78, 5) is 32.9. The van der Waals surface area contributed by atoms with Crippen molar-refractivity contribution in [3.63, 3.8) is 0 Å². The molecule has 7 rings (SSSR count). The van der Waals surface area contributed by atoms with Gasteiger partial charge in [0.25, 0.3) is 0 Å². The Morgan fingerprint density at radius 3 is 2.21 bits per heavy atom. The molecule has 52 heavy (non-hydrogen) atoms. The predicted molar refractivity (Wildman–Crippen MR) is 203 cm³/mol. The number of carboxylic acids is 2. The standard InChI is InChI=1S/C25H27N3O3.C16H17N3O2/c1-28(19-7-4-8-21(14-19)31-2)20-9-10-22-17(13-20)5-3-6-18(22)15-27-24-16-26-12-11-23(24)25(29)30;20-16(21)13-6-7-17-9-14(13)19-10-15-12-4-2-1-3-11(12)5-8-18-15/h4,7-14,16,18,27H,3,5-6,15H2,1-2H3,(H,29,30);1-4,6-7,9,15,18-19H,5,8,10H2,(H,20,21)/t18-;/m0./s1. The summed E-state index contributed by atoms with van der Waals surface area (Å²) in [7, 11) is 3.74. The van der Waals surface area contributed by atoms with E-state index in [1.54, 1.807) is 19.5 Å². The second-order valence-electron chi connectivity index (χ2n) is 12.9. The first kappa shape index (κ1) is 35.9. The molecule has 2 atom stereocenters. The van der Waals surface area contributed by atoms with E-state index >= 15 is 0 Å². The zero-order valence-corrected chi connectivity index (χ0v) is 29.4. The highest BCUT2D eigenvalue weighted by atomic mass is 16.5. The average Bonchev–Trinajstić information content (AvgIpc) is 3.19. The van der Waals surface area contributed by atoms with Crippen LogP contribution in [0.3, 0.4) is 0 Å². The zero-order chi connectivity index (χ0) is 36.5. The van der Waals surface area contributed by atoms with Crippen molar-refractivity contribution in [2.45, 2.75) is 37.6 Å². The molecule has 3 heterocycles. The number of methoxy groups -OCH3 is 1. The molecule has 2 aliphatic rings. The summed E-state index contributed by atoms with van der Waals surface area (Å²) >= 11 is 0. The van der Waals surface area contributed by atoms with Gasteiger partial charge in [0.1, 0.15) is 5.75 Å². The van der Waals surface area contributed by atoms with Gasteiger partial charge >= 0.3 is 11.9 Å². The van der Waals surface area contributed by atoms with Crippen LogP contribution in [0.4, 0.5) is 22.7 Å². The summed E-state index contributed by atoms with van der Waals surface area (Å²) < 4.78 is 5.36. The first-order valence-electron chi connectivity index (χ1n) is 17.5. The number of carbonyl (C=O) groups is 2. The third kappa shape index (κ3) is 8.50. The highest BCUT2D eigenvalue weighted by molar-refractivity contribution is 5.94. The van der Waals surface area contributed by atoms with Crippen LogP contribution >= 0.6 is 0 Å². The van der Waals surface area contributed by atoms with Gasteiger partial charge < -0.3 is 35.8 Å². The maximum atomic E-state index is 11.4. The van der Waals surface area contributed by atoms with Crippen molar-refractivity contribution in [2.75, 3.05) is 49.3 Å². The molecule has 0 fully saturated rings. The molecule has 0 spiro atoms. The number of nitrogens with zero attached hydrogens (tertiary/aromatic N) is 3. The van der Waals surface area contributed by atoms with E-state index in [4.69, 9.17) is 4.74 Å². The number of hydrogen-bond acceptors (Lipinski definition) is 9. The topological polar surface area (TPSA) is 149 Å². The van der Waals surface area contributed by atoms with Crippen LogP contribution in [-0.2, 0) is 12.8 Å². The SMILES string of the molecule is COc1cccc(N(C)c2ccc3c(c2)CCC[C@H]3CNc2cnccc2C(=O)O)c1.O=C(O)c1ccncc1NCC1NCCc2ccccc21. The van der Waals surface area contributed by atoms with Gasteiger partial charge in [-0.05, 0) is 90.9 Å². The van der Waals surface area contributed by atoms with Crippen LogP contribution in [0.5, 0.6) is 5.75 Å². The maximum absolute atomic E-state index is 11.4. The monoisotopic (exact) mass is 700 g/mol. The van der Waals surface area contributed by atoms with E-state index < -0.39 is 11.9 Å². The van der Waals surface area contributed by atoms with E-state index in [-0.39, 0.29) is 17.2 Å². The zero-order valence-electron chi connectivity index (χ0n) is 29.4. The van der Waals surface area contributed by atoms with Gasteiger partial charge in [0.05, 0.1) is 42.0 Å². The van der Waals surface area contributed by atoms with E-state index in [9.17, 15) is 19.8 Å². The number of aromatic carboxylic acids is 2. The quantitative estimate of drug-likeness (QED) is 0.0955. The molecule has 268 valence electrons.